The Kier molecular flexibility index (Phi) is 3.16. The van der Waals surface area contributed by atoms with Crippen molar-refractivity contribution < 1.29 is 14.4 Å². The van der Waals surface area contributed by atoms with Gasteiger partial charge in [0.25, 0.3) is 5.91 Å². The van der Waals surface area contributed by atoms with Crippen LogP contribution < -0.4 is 10.4 Å². The number of hydroxylamine groups is 1. The van der Waals surface area contributed by atoms with Crippen molar-refractivity contribution in [3.8, 4) is 0 Å². The fourth-order valence-electron chi connectivity index (χ4n) is 3.24. The number of anilines is 1. The zero-order chi connectivity index (χ0) is 16.0. The van der Waals surface area contributed by atoms with E-state index in [1.807, 2.05) is 61.5 Å². The third-order valence-corrected chi connectivity index (χ3v) is 4.38. The van der Waals surface area contributed by atoms with Gasteiger partial charge in [-0.2, -0.15) is 0 Å². The molecule has 0 bridgehead atoms. The molecule has 2 aliphatic rings. The molecule has 1 N–H and O–H groups in total. The van der Waals surface area contributed by atoms with E-state index in [-0.39, 0.29) is 17.9 Å². The van der Waals surface area contributed by atoms with Crippen molar-refractivity contribution in [2.45, 2.75) is 19.1 Å². The highest BCUT2D eigenvalue weighted by Gasteiger charge is 2.56. The number of hydrogen-bond donors (Lipinski definition) is 1. The topological polar surface area (TPSA) is 58.6 Å². The molecule has 2 saturated heterocycles. The van der Waals surface area contributed by atoms with Crippen LogP contribution in [0.4, 0.5) is 5.69 Å². The number of amides is 2. The summed E-state index contributed by atoms with van der Waals surface area (Å²) >= 11 is 0. The Hall–Kier alpha value is -2.66. The van der Waals surface area contributed by atoms with E-state index < -0.39 is 12.0 Å². The zero-order valence-electron chi connectivity index (χ0n) is 12.6. The molecule has 0 aromatic heterocycles. The molecule has 2 heterocycles. The summed E-state index contributed by atoms with van der Waals surface area (Å²) < 4.78 is 0. The highest BCUT2D eigenvalue weighted by atomic mass is 16.7. The minimum Gasteiger partial charge on any atom is -0.294 e. The molecule has 4 rings (SSSR count). The van der Waals surface area contributed by atoms with E-state index in [9.17, 15) is 9.59 Å². The first kappa shape index (κ1) is 14.0. The predicted octanol–water partition coefficient (Wildman–Crippen LogP) is 2.13. The molecule has 0 saturated carbocycles. The number of nitrogens with zero attached hydrogens (tertiary/aromatic N) is 1. The third kappa shape index (κ3) is 2.21. The van der Waals surface area contributed by atoms with Crippen LogP contribution in [-0.4, -0.2) is 17.9 Å². The van der Waals surface area contributed by atoms with Crippen LogP contribution >= 0.6 is 0 Å². The third-order valence-electron chi connectivity index (χ3n) is 4.38. The highest BCUT2D eigenvalue weighted by molar-refractivity contribution is 6.07. The monoisotopic (exact) mass is 308 g/mol. The fourth-order valence-corrected chi connectivity index (χ4v) is 3.24. The second-order valence-corrected chi connectivity index (χ2v) is 5.92. The lowest BCUT2D eigenvalue weighted by Gasteiger charge is -2.27. The number of fused-ring (bicyclic) bond motifs is 1. The average molecular weight is 308 g/mol. The standard InChI is InChI=1S/C18H16N2O3/c1-11-7-9-12(10-8-11)15-14-16(18(22)19-17(14)21)23-20(15)13-5-3-2-4-6-13/h2-10,14-16H,1H3,(H,19,21,22)/t14-,15-,16+/m0/s1. The highest BCUT2D eigenvalue weighted by Crippen LogP contribution is 2.44. The van der Waals surface area contributed by atoms with Gasteiger partial charge in [0, 0.05) is 0 Å². The number of carbonyl (C=O) groups excluding carboxylic acids is 2. The molecule has 0 spiro atoms. The first-order chi connectivity index (χ1) is 11.1. The van der Waals surface area contributed by atoms with Gasteiger partial charge < -0.3 is 0 Å². The summed E-state index contributed by atoms with van der Waals surface area (Å²) in [4.78, 5) is 30.1. The number of para-hydroxylation sites is 1. The van der Waals surface area contributed by atoms with Gasteiger partial charge in [-0.05, 0) is 24.6 Å². The van der Waals surface area contributed by atoms with Gasteiger partial charge >= 0.3 is 0 Å². The van der Waals surface area contributed by atoms with Crippen LogP contribution in [0.15, 0.2) is 54.6 Å². The van der Waals surface area contributed by atoms with Gasteiger partial charge in [-0.25, -0.2) is 5.06 Å². The zero-order valence-corrected chi connectivity index (χ0v) is 12.6. The Labute approximate surface area is 133 Å². The number of imide groups is 1. The second kappa shape index (κ2) is 5.21. The smallest absolute Gasteiger partial charge is 0.259 e. The molecular formula is C18H16N2O3. The van der Waals surface area contributed by atoms with E-state index in [4.69, 9.17) is 4.84 Å². The summed E-state index contributed by atoms with van der Waals surface area (Å²) in [5.74, 6) is -1.18. The van der Waals surface area contributed by atoms with E-state index in [0.717, 1.165) is 16.8 Å². The fraction of sp³-hybridized carbons (Fsp3) is 0.222. The lowest BCUT2D eigenvalue weighted by atomic mass is 9.90. The maximum atomic E-state index is 12.3. The molecule has 2 aliphatic heterocycles. The van der Waals surface area contributed by atoms with Crippen molar-refractivity contribution in [3.63, 3.8) is 0 Å². The SMILES string of the molecule is Cc1ccc([C@H]2[C@@H]3C(=O)NC(=O)[C@@H]3ON2c2ccccc2)cc1. The largest absolute Gasteiger partial charge is 0.294 e. The Morgan fingerprint density at radius 2 is 1.65 bits per heavy atom. The van der Waals surface area contributed by atoms with E-state index in [1.165, 1.54) is 0 Å². The van der Waals surface area contributed by atoms with Gasteiger partial charge in [-0.15, -0.1) is 0 Å². The molecule has 2 amide bonds. The molecule has 5 heteroatoms. The van der Waals surface area contributed by atoms with Crippen molar-refractivity contribution in [1.29, 1.82) is 0 Å². The predicted molar refractivity (Wildman–Crippen MR) is 84.4 cm³/mol. The molecule has 2 aromatic rings. The first-order valence-corrected chi connectivity index (χ1v) is 7.57. The van der Waals surface area contributed by atoms with Crippen molar-refractivity contribution in [3.05, 3.63) is 65.7 Å². The Morgan fingerprint density at radius 3 is 2.35 bits per heavy atom. The Bertz CT molecular complexity index is 758. The van der Waals surface area contributed by atoms with Gasteiger partial charge in [0.15, 0.2) is 6.10 Å². The van der Waals surface area contributed by atoms with Crippen LogP contribution in [-0.2, 0) is 14.4 Å². The summed E-state index contributed by atoms with van der Waals surface area (Å²) in [6.45, 7) is 2.01. The van der Waals surface area contributed by atoms with Crippen molar-refractivity contribution in [1.82, 2.24) is 5.32 Å². The van der Waals surface area contributed by atoms with Gasteiger partial charge in [-0.3, -0.25) is 19.7 Å². The molecule has 3 atom stereocenters. The van der Waals surface area contributed by atoms with Crippen LogP contribution in [0.25, 0.3) is 0 Å². The molecule has 0 aliphatic carbocycles. The maximum absolute atomic E-state index is 12.3. The summed E-state index contributed by atoms with van der Waals surface area (Å²) in [7, 11) is 0. The van der Waals surface area contributed by atoms with Crippen molar-refractivity contribution in [2.75, 3.05) is 5.06 Å². The van der Waals surface area contributed by atoms with Crippen molar-refractivity contribution in [2.24, 2.45) is 5.92 Å². The molecular weight excluding hydrogens is 292 g/mol. The Morgan fingerprint density at radius 1 is 0.957 bits per heavy atom. The van der Waals surface area contributed by atoms with Crippen LogP contribution in [0.1, 0.15) is 17.2 Å². The molecule has 0 unspecified atom stereocenters. The van der Waals surface area contributed by atoms with Gasteiger partial charge in [0.1, 0.15) is 5.92 Å². The summed E-state index contributed by atoms with van der Waals surface area (Å²) in [6.07, 6.45) is -0.769. The average Bonchev–Trinajstić information content (AvgIpc) is 3.08. The van der Waals surface area contributed by atoms with E-state index in [0.29, 0.717) is 0 Å². The second-order valence-electron chi connectivity index (χ2n) is 5.92. The lowest BCUT2D eigenvalue weighted by Crippen LogP contribution is -2.33. The van der Waals surface area contributed by atoms with Crippen molar-refractivity contribution >= 4 is 17.5 Å². The maximum Gasteiger partial charge on any atom is 0.259 e. The minimum absolute atomic E-state index is 0.274. The van der Waals surface area contributed by atoms with Crippen LogP contribution in [0.2, 0.25) is 0 Å². The van der Waals surface area contributed by atoms with E-state index in [2.05, 4.69) is 5.32 Å². The molecule has 0 radical (unpaired) electrons. The van der Waals surface area contributed by atoms with Crippen LogP contribution in [0, 0.1) is 12.8 Å². The number of benzene rings is 2. The van der Waals surface area contributed by atoms with E-state index in [1.54, 1.807) is 5.06 Å². The summed E-state index contributed by atoms with van der Waals surface area (Å²) in [5.41, 5.74) is 2.92. The quantitative estimate of drug-likeness (QED) is 0.864. The van der Waals surface area contributed by atoms with Crippen LogP contribution in [0.5, 0.6) is 0 Å². The number of carbonyl (C=O) groups is 2. The number of aryl methyl sites for hydroxylation is 1. The molecule has 116 valence electrons. The minimum atomic E-state index is -0.769. The summed E-state index contributed by atoms with van der Waals surface area (Å²) in [5, 5.41) is 4.06. The lowest BCUT2D eigenvalue weighted by molar-refractivity contribution is -0.129. The molecule has 5 nitrogen and oxygen atoms in total. The number of rotatable bonds is 2. The number of hydrogen-bond acceptors (Lipinski definition) is 4. The normalized spacial score (nSPS) is 26.3. The Balaban J connectivity index is 1.80. The van der Waals surface area contributed by atoms with Gasteiger partial charge in [0.2, 0.25) is 5.91 Å². The van der Waals surface area contributed by atoms with Gasteiger partial charge in [0.05, 0.1) is 11.7 Å². The number of nitrogens with one attached hydrogen (secondary N) is 1. The van der Waals surface area contributed by atoms with Crippen LogP contribution in [0.3, 0.4) is 0 Å². The summed E-state index contributed by atoms with van der Waals surface area (Å²) in [6, 6.07) is 17.2. The molecule has 2 fully saturated rings. The van der Waals surface area contributed by atoms with E-state index >= 15 is 0 Å². The molecule has 23 heavy (non-hydrogen) atoms. The molecule has 2 aromatic carbocycles. The van der Waals surface area contributed by atoms with Gasteiger partial charge in [-0.1, -0.05) is 48.0 Å². The first-order valence-electron chi connectivity index (χ1n) is 7.57.